The van der Waals surface area contributed by atoms with Crippen molar-refractivity contribution < 1.29 is 13.9 Å². The number of halogens is 1. The Labute approximate surface area is 136 Å². The van der Waals surface area contributed by atoms with Crippen LogP contribution in [0.15, 0.2) is 42.5 Å². The number of aromatic nitrogens is 1. The van der Waals surface area contributed by atoms with Crippen molar-refractivity contribution in [3.05, 3.63) is 53.8 Å². The molecule has 118 valence electrons. The number of hydrogen-bond acceptors (Lipinski definition) is 4. The Morgan fingerprint density at radius 1 is 1.26 bits per heavy atom. The smallest absolute Gasteiger partial charge is 0.230 e. The highest BCUT2D eigenvalue weighted by atomic mass is 32.1. The predicted molar refractivity (Wildman–Crippen MR) is 89.5 cm³/mol. The molecular weight excluding hydrogens is 315 g/mol. The standard InChI is InChI=1S/C17H15FN2O2S/c1-2-22-13-4-3-5-14-16(13)20-17(23-14)19-15(21)10-11-6-8-12(18)9-7-11/h3-9H,2,10H2,1H3,(H,19,20,21). The molecule has 3 rings (SSSR count). The summed E-state index contributed by atoms with van der Waals surface area (Å²) in [6.45, 7) is 2.47. The molecule has 0 aliphatic rings. The van der Waals surface area contributed by atoms with E-state index in [0.29, 0.717) is 17.5 Å². The van der Waals surface area contributed by atoms with Crippen molar-refractivity contribution in [3.8, 4) is 5.75 Å². The molecule has 1 aromatic heterocycles. The molecule has 0 spiro atoms. The molecule has 1 heterocycles. The zero-order valence-corrected chi connectivity index (χ0v) is 13.3. The summed E-state index contributed by atoms with van der Waals surface area (Å²) in [5.74, 6) is 0.206. The van der Waals surface area contributed by atoms with Gasteiger partial charge in [-0.2, -0.15) is 0 Å². The molecule has 0 saturated heterocycles. The van der Waals surface area contributed by atoms with Crippen molar-refractivity contribution in [3.63, 3.8) is 0 Å². The van der Waals surface area contributed by atoms with Gasteiger partial charge in [-0.3, -0.25) is 4.79 Å². The first kappa shape index (κ1) is 15.4. The number of benzene rings is 2. The molecule has 1 N–H and O–H groups in total. The Morgan fingerprint density at radius 3 is 2.78 bits per heavy atom. The van der Waals surface area contributed by atoms with Crippen LogP contribution in [0.3, 0.4) is 0 Å². The van der Waals surface area contributed by atoms with Crippen LogP contribution in [-0.2, 0) is 11.2 Å². The quantitative estimate of drug-likeness (QED) is 0.769. The lowest BCUT2D eigenvalue weighted by Crippen LogP contribution is -2.14. The molecule has 0 radical (unpaired) electrons. The fraction of sp³-hybridized carbons (Fsp3) is 0.176. The van der Waals surface area contributed by atoms with E-state index < -0.39 is 0 Å². The van der Waals surface area contributed by atoms with Crippen molar-refractivity contribution in [2.75, 3.05) is 11.9 Å². The molecule has 0 atom stereocenters. The van der Waals surface area contributed by atoms with Crippen molar-refractivity contribution >= 4 is 32.6 Å². The Bertz CT molecular complexity index is 830. The molecule has 0 fully saturated rings. The van der Waals surface area contributed by atoms with Crippen LogP contribution in [0, 0.1) is 5.82 Å². The van der Waals surface area contributed by atoms with Gasteiger partial charge < -0.3 is 10.1 Å². The summed E-state index contributed by atoms with van der Waals surface area (Å²) in [7, 11) is 0. The zero-order chi connectivity index (χ0) is 16.2. The third-order valence-corrected chi connectivity index (χ3v) is 4.14. The number of thiazole rings is 1. The van der Waals surface area contributed by atoms with E-state index in [2.05, 4.69) is 10.3 Å². The number of carbonyl (C=O) groups is 1. The van der Waals surface area contributed by atoms with Gasteiger partial charge in [-0.1, -0.05) is 29.5 Å². The second kappa shape index (κ2) is 6.75. The second-order valence-corrected chi connectivity index (χ2v) is 5.94. The van der Waals surface area contributed by atoms with Gasteiger partial charge >= 0.3 is 0 Å². The average molecular weight is 330 g/mol. The van der Waals surface area contributed by atoms with Crippen molar-refractivity contribution in [1.82, 2.24) is 4.98 Å². The topological polar surface area (TPSA) is 51.2 Å². The second-order valence-electron chi connectivity index (χ2n) is 4.91. The number of fused-ring (bicyclic) bond motifs is 1. The minimum Gasteiger partial charge on any atom is -0.492 e. The van der Waals surface area contributed by atoms with Gasteiger partial charge in [0.2, 0.25) is 5.91 Å². The van der Waals surface area contributed by atoms with Crippen LogP contribution in [-0.4, -0.2) is 17.5 Å². The predicted octanol–water partition coefficient (Wildman–Crippen LogP) is 4.02. The van der Waals surface area contributed by atoms with Crippen LogP contribution >= 0.6 is 11.3 Å². The Hall–Kier alpha value is -2.47. The summed E-state index contributed by atoms with van der Waals surface area (Å²) in [6, 6.07) is 11.6. The molecule has 0 saturated carbocycles. The average Bonchev–Trinajstić information content (AvgIpc) is 2.93. The van der Waals surface area contributed by atoms with Crippen LogP contribution < -0.4 is 10.1 Å². The molecule has 0 unspecified atom stereocenters. The van der Waals surface area contributed by atoms with Gasteiger partial charge in [-0.15, -0.1) is 0 Å². The number of anilines is 1. The Balaban J connectivity index is 1.74. The SMILES string of the molecule is CCOc1cccc2sc(NC(=O)Cc3ccc(F)cc3)nc12. The van der Waals surface area contributed by atoms with E-state index in [1.54, 1.807) is 12.1 Å². The third-order valence-electron chi connectivity index (χ3n) is 3.21. The molecule has 4 nitrogen and oxygen atoms in total. The highest BCUT2D eigenvalue weighted by Crippen LogP contribution is 2.32. The monoisotopic (exact) mass is 330 g/mol. The fourth-order valence-corrected chi connectivity index (χ4v) is 3.10. The van der Waals surface area contributed by atoms with Crippen molar-refractivity contribution in [2.24, 2.45) is 0 Å². The summed E-state index contributed by atoms with van der Waals surface area (Å²) in [5, 5.41) is 3.31. The van der Waals surface area contributed by atoms with Crippen LogP contribution in [0.4, 0.5) is 9.52 Å². The number of para-hydroxylation sites is 1. The lowest BCUT2D eigenvalue weighted by Gasteiger charge is -2.02. The lowest BCUT2D eigenvalue weighted by molar-refractivity contribution is -0.115. The molecule has 2 aromatic carbocycles. The maximum absolute atomic E-state index is 12.9. The number of nitrogens with one attached hydrogen (secondary N) is 1. The lowest BCUT2D eigenvalue weighted by atomic mass is 10.1. The Kier molecular flexibility index (Phi) is 4.52. The number of amides is 1. The van der Waals surface area contributed by atoms with E-state index in [9.17, 15) is 9.18 Å². The van der Waals surface area contributed by atoms with Crippen LogP contribution in [0.1, 0.15) is 12.5 Å². The highest BCUT2D eigenvalue weighted by Gasteiger charge is 2.11. The van der Waals surface area contributed by atoms with E-state index in [1.165, 1.54) is 23.5 Å². The number of ether oxygens (including phenoxy) is 1. The first-order valence-electron chi connectivity index (χ1n) is 7.22. The van der Waals surface area contributed by atoms with E-state index in [0.717, 1.165) is 15.8 Å². The van der Waals surface area contributed by atoms with Gasteiger partial charge in [0.1, 0.15) is 17.1 Å². The van der Waals surface area contributed by atoms with E-state index >= 15 is 0 Å². The fourth-order valence-electron chi connectivity index (χ4n) is 2.20. The number of rotatable bonds is 5. The number of hydrogen-bond donors (Lipinski definition) is 1. The van der Waals surface area contributed by atoms with Crippen LogP contribution in [0.5, 0.6) is 5.75 Å². The minimum absolute atomic E-state index is 0.175. The first-order chi connectivity index (χ1) is 11.2. The number of carbonyl (C=O) groups excluding carboxylic acids is 1. The molecule has 0 bridgehead atoms. The highest BCUT2D eigenvalue weighted by molar-refractivity contribution is 7.22. The molecule has 1 amide bonds. The normalized spacial score (nSPS) is 10.7. The van der Waals surface area contributed by atoms with Crippen molar-refractivity contribution in [1.29, 1.82) is 0 Å². The van der Waals surface area contributed by atoms with E-state index in [1.807, 2.05) is 25.1 Å². The largest absolute Gasteiger partial charge is 0.492 e. The third kappa shape index (κ3) is 3.65. The summed E-state index contributed by atoms with van der Waals surface area (Å²) >= 11 is 1.40. The molecule has 6 heteroatoms. The molecule has 0 aliphatic carbocycles. The summed E-state index contributed by atoms with van der Waals surface area (Å²) in [5.41, 5.74) is 1.50. The summed E-state index contributed by atoms with van der Waals surface area (Å²) in [4.78, 5) is 16.5. The van der Waals surface area contributed by atoms with E-state index in [-0.39, 0.29) is 18.1 Å². The van der Waals surface area contributed by atoms with Crippen LogP contribution in [0.2, 0.25) is 0 Å². The molecule has 23 heavy (non-hydrogen) atoms. The van der Waals surface area contributed by atoms with Gasteiger partial charge in [0.05, 0.1) is 17.7 Å². The van der Waals surface area contributed by atoms with Gasteiger partial charge in [0.25, 0.3) is 0 Å². The maximum Gasteiger partial charge on any atom is 0.230 e. The van der Waals surface area contributed by atoms with Crippen molar-refractivity contribution in [2.45, 2.75) is 13.3 Å². The molecular formula is C17H15FN2O2S. The molecule has 3 aromatic rings. The van der Waals surface area contributed by atoms with Gasteiger partial charge in [-0.05, 0) is 36.8 Å². The maximum atomic E-state index is 12.9. The summed E-state index contributed by atoms with van der Waals surface area (Å²) < 4.78 is 19.4. The van der Waals surface area contributed by atoms with Crippen LogP contribution in [0.25, 0.3) is 10.2 Å². The van der Waals surface area contributed by atoms with Gasteiger partial charge in [0.15, 0.2) is 5.13 Å². The molecule has 0 aliphatic heterocycles. The van der Waals surface area contributed by atoms with Gasteiger partial charge in [-0.25, -0.2) is 9.37 Å². The van der Waals surface area contributed by atoms with E-state index in [4.69, 9.17) is 4.74 Å². The Morgan fingerprint density at radius 2 is 2.04 bits per heavy atom. The minimum atomic E-state index is -0.316. The number of nitrogens with zero attached hydrogens (tertiary/aromatic N) is 1. The summed E-state index contributed by atoms with van der Waals surface area (Å²) in [6.07, 6.45) is 0.175. The zero-order valence-electron chi connectivity index (χ0n) is 12.5. The first-order valence-corrected chi connectivity index (χ1v) is 8.04. The van der Waals surface area contributed by atoms with Gasteiger partial charge in [0, 0.05) is 0 Å².